The van der Waals surface area contributed by atoms with Crippen LogP contribution in [0.4, 0.5) is 0 Å². The van der Waals surface area contributed by atoms with Gasteiger partial charge in [-0.3, -0.25) is 0 Å². The van der Waals surface area contributed by atoms with E-state index in [1.165, 1.54) is 54.3 Å². The molecule has 0 spiro atoms. The van der Waals surface area contributed by atoms with Crippen LogP contribution in [0.3, 0.4) is 0 Å². The molecule has 1 N–H and O–H groups in total. The number of rotatable bonds is 5. The van der Waals surface area contributed by atoms with Crippen molar-refractivity contribution in [3.63, 3.8) is 0 Å². The summed E-state index contributed by atoms with van der Waals surface area (Å²) < 4.78 is 1.27. The first kappa shape index (κ1) is 13.6. The number of halogens is 1. The molecule has 1 aliphatic rings. The lowest BCUT2D eigenvalue weighted by molar-refractivity contribution is 0.318. The van der Waals surface area contributed by atoms with Gasteiger partial charge in [-0.05, 0) is 53.2 Å². The molecule has 0 radical (unpaired) electrons. The summed E-state index contributed by atoms with van der Waals surface area (Å²) in [5.74, 6) is 0.985. The van der Waals surface area contributed by atoms with Crippen molar-refractivity contribution in [1.29, 1.82) is 0 Å². The first-order chi connectivity index (χ1) is 8.31. The molecule has 0 aromatic carbocycles. The summed E-state index contributed by atoms with van der Waals surface area (Å²) in [7, 11) is 2.08. The van der Waals surface area contributed by atoms with Crippen molar-refractivity contribution in [3.05, 3.63) is 20.8 Å². The van der Waals surface area contributed by atoms with Gasteiger partial charge in [-0.15, -0.1) is 11.3 Å². The van der Waals surface area contributed by atoms with Gasteiger partial charge in [0.05, 0.1) is 0 Å². The zero-order valence-electron chi connectivity index (χ0n) is 10.5. The number of nitrogens with one attached hydrogen (secondary N) is 1. The fourth-order valence-corrected chi connectivity index (χ4v) is 4.63. The first-order valence-electron chi connectivity index (χ1n) is 6.71. The molecule has 1 unspecified atom stereocenters. The monoisotopic (exact) mass is 315 g/mol. The maximum Gasteiger partial charge on any atom is 0.0423 e. The van der Waals surface area contributed by atoms with Crippen LogP contribution in [0.15, 0.2) is 15.9 Å². The molecular weight excluding hydrogens is 294 g/mol. The van der Waals surface area contributed by atoms with E-state index in [4.69, 9.17) is 0 Å². The van der Waals surface area contributed by atoms with Crippen LogP contribution in [-0.4, -0.2) is 7.05 Å². The Morgan fingerprint density at radius 3 is 2.76 bits per heavy atom. The van der Waals surface area contributed by atoms with Crippen molar-refractivity contribution in [3.8, 4) is 0 Å². The molecule has 1 saturated carbocycles. The van der Waals surface area contributed by atoms with Gasteiger partial charge < -0.3 is 5.32 Å². The summed E-state index contributed by atoms with van der Waals surface area (Å²) in [5.41, 5.74) is 0. The lowest BCUT2D eigenvalue weighted by atomic mass is 9.85. The Morgan fingerprint density at radius 2 is 2.18 bits per heavy atom. The highest BCUT2D eigenvalue weighted by atomic mass is 79.9. The van der Waals surface area contributed by atoms with Gasteiger partial charge >= 0.3 is 0 Å². The Bertz CT molecular complexity index is 331. The summed E-state index contributed by atoms with van der Waals surface area (Å²) in [6.45, 7) is 0. The zero-order valence-corrected chi connectivity index (χ0v) is 12.9. The van der Waals surface area contributed by atoms with Crippen molar-refractivity contribution in [2.75, 3.05) is 7.05 Å². The number of thiophene rings is 1. The van der Waals surface area contributed by atoms with Crippen LogP contribution in [-0.2, 0) is 0 Å². The average molecular weight is 316 g/mol. The van der Waals surface area contributed by atoms with Gasteiger partial charge in [0.15, 0.2) is 0 Å². The predicted octanol–water partition coefficient (Wildman–Crippen LogP) is 5.13. The quantitative estimate of drug-likeness (QED) is 0.794. The third kappa shape index (κ3) is 3.80. The molecule has 1 aliphatic carbocycles. The van der Waals surface area contributed by atoms with Gasteiger partial charge in [0.2, 0.25) is 0 Å². The molecule has 1 nitrogen and oxygen atoms in total. The summed E-state index contributed by atoms with van der Waals surface area (Å²) in [4.78, 5) is 1.46. The van der Waals surface area contributed by atoms with Crippen molar-refractivity contribution in [1.82, 2.24) is 5.32 Å². The van der Waals surface area contributed by atoms with Crippen molar-refractivity contribution < 1.29 is 0 Å². The Labute approximate surface area is 117 Å². The van der Waals surface area contributed by atoms with E-state index < -0.39 is 0 Å². The van der Waals surface area contributed by atoms with Crippen LogP contribution in [0.25, 0.3) is 0 Å². The molecule has 3 heteroatoms. The standard InChI is InChI=1S/C14H22BrNS/c1-16-13(14-12(15)9-10-17-14)8-7-11-5-3-2-4-6-11/h9-11,13,16H,2-8H2,1H3. The van der Waals surface area contributed by atoms with Crippen LogP contribution in [0.2, 0.25) is 0 Å². The van der Waals surface area contributed by atoms with Gasteiger partial charge in [0.25, 0.3) is 0 Å². The fourth-order valence-electron chi connectivity index (χ4n) is 2.84. The molecule has 2 rings (SSSR count). The molecule has 0 bridgehead atoms. The van der Waals surface area contributed by atoms with Gasteiger partial charge in [0.1, 0.15) is 0 Å². The molecule has 1 aromatic rings. The Morgan fingerprint density at radius 1 is 1.41 bits per heavy atom. The number of hydrogen-bond acceptors (Lipinski definition) is 2. The highest BCUT2D eigenvalue weighted by molar-refractivity contribution is 9.10. The third-order valence-electron chi connectivity index (χ3n) is 3.90. The SMILES string of the molecule is CNC(CCC1CCCCC1)c1sccc1Br. The second kappa shape index (κ2) is 6.91. The van der Waals surface area contributed by atoms with E-state index >= 15 is 0 Å². The van der Waals surface area contributed by atoms with Crippen LogP contribution in [0, 0.1) is 5.92 Å². The maximum absolute atomic E-state index is 3.64. The van der Waals surface area contributed by atoms with Crippen molar-refractivity contribution >= 4 is 27.3 Å². The summed E-state index contributed by atoms with van der Waals surface area (Å²) >= 11 is 5.50. The van der Waals surface area contributed by atoms with E-state index in [1.807, 2.05) is 11.3 Å². The topological polar surface area (TPSA) is 12.0 Å². The van der Waals surface area contributed by atoms with Crippen LogP contribution >= 0.6 is 27.3 Å². The molecule has 1 fully saturated rings. The van der Waals surface area contributed by atoms with Gasteiger partial charge in [-0.2, -0.15) is 0 Å². The molecule has 1 heterocycles. The predicted molar refractivity (Wildman–Crippen MR) is 79.6 cm³/mol. The van der Waals surface area contributed by atoms with E-state index in [1.54, 1.807) is 0 Å². The van der Waals surface area contributed by atoms with E-state index in [-0.39, 0.29) is 0 Å². The molecule has 96 valence electrons. The number of hydrogen-bond donors (Lipinski definition) is 1. The third-order valence-corrected chi connectivity index (χ3v) is 5.88. The van der Waals surface area contributed by atoms with Crippen LogP contribution < -0.4 is 5.32 Å². The molecule has 0 saturated heterocycles. The van der Waals surface area contributed by atoms with E-state index in [2.05, 4.69) is 39.7 Å². The molecule has 0 aliphatic heterocycles. The van der Waals surface area contributed by atoms with Gasteiger partial charge in [-0.1, -0.05) is 32.1 Å². The van der Waals surface area contributed by atoms with Gasteiger partial charge in [-0.25, -0.2) is 0 Å². The van der Waals surface area contributed by atoms with Crippen LogP contribution in [0.5, 0.6) is 0 Å². The summed E-state index contributed by atoms with van der Waals surface area (Å²) in [6, 6.07) is 2.69. The van der Waals surface area contributed by atoms with Gasteiger partial charge in [0, 0.05) is 15.4 Å². The van der Waals surface area contributed by atoms with Crippen LogP contribution in [0.1, 0.15) is 55.9 Å². The highest BCUT2D eigenvalue weighted by Gasteiger charge is 2.18. The van der Waals surface area contributed by atoms with E-state index in [0.29, 0.717) is 6.04 Å². The van der Waals surface area contributed by atoms with E-state index in [9.17, 15) is 0 Å². The summed E-state index contributed by atoms with van der Waals surface area (Å²) in [6.07, 6.45) is 9.96. The lowest BCUT2D eigenvalue weighted by Gasteiger charge is -2.24. The maximum atomic E-state index is 3.64. The van der Waals surface area contributed by atoms with E-state index in [0.717, 1.165) is 5.92 Å². The minimum atomic E-state index is 0.534. The molecule has 1 atom stereocenters. The molecule has 17 heavy (non-hydrogen) atoms. The normalized spacial score (nSPS) is 19.4. The second-order valence-electron chi connectivity index (χ2n) is 5.06. The summed E-state index contributed by atoms with van der Waals surface area (Å²) in [5, 5.41) is 5.64. The minimum Gasteiger partial charge on any atom is -0.312 e. The first-order valence-corrected chi connectivity index (χ1v) is 8.38. The smallest absolute Gasteiger partial charge is 0.0423 e. The average Bonchev–Trinajstić information content (AvgIpc) is 2.78. The highest BCUT2D eigenvalue weighted by Crippen LogP contribution is 2.34. The fraction of sp³-hybridized carbons (Fsp3) is 0.714. The Kier molecular flexibility index (Phi) is 5.51. The molecular formula is C14H22BrNS. The molecule has 0 amide bonds. The zero-order chi connectivity index (χ0) is 12.1. The largest absolute Gasteiger partial charge is 0.312 e. The molecule has 1 aromatic heterocycles. The Hall–Kier alpha value is 0.140. The lowest BCUT2D eigenvalue weighted by Crippen LogP contribution is -2.17. The van der Waals surface area contributed by atoms with Crippen molar-refractivity contribution in [2.24, 2.45) is 5.92 Å². The Balaban J connectivity index is 1.85. The van der Waals surface area contributed by atoms with Crippen molar-refractivity contribution in [2.45, 2.75) is 51.0 Å². The minimum absolute atomic E-state index is 0.534. The second-order valence-corrected chi connectivity index (χ2v) is 6.86.